The molecule has 0 atom stereocenters. The Hall–Kier alpha value is -2.73. The van der Waals surface area contributed by atoms with E-state index in [0.29, 0.717) is 22.4 Å². The molecular formula is C21H22N2O3S. The third-order valence-electron chi connectivity index (χ3n) is 4.30. The Bertz CT molecular complexity index is 950. The molecule has 0 radical (unpaired) electrons. The lowest BCUT2D eigenvalue weighted by Crippen LogP contribution is -2.23. The van der Waals surface area contributed by atoms with Crippen LogP contribution in [0.1, 0.15) is 23.6 Å². The average Bonchev–Trinajstić information content (AvgIpc) is 2.89. The van der Waals surface area contributed by atoms with Gasteiger partial charge in [0, 0.05) is 7.05 Å². The van der Waals surface area contributed by atoms with E-state index < -0.39 is 0 Å². The molecule has 0 saturated carbocycles. The molecule has 1 saturated heterocycles. The van der Waals surface area contributed by atoms with Gasteiger partial charge in [0.2, 0.25) is 0 Å². The number of phenolic OH excluding ortho intramolecular Hbond substituents is 1. The fraction of sp³-hybridized carbons (Fsp3) is 0.238. The quantitative estimate of drug-likeness (QED) is 0.783. The van der Waals surface area contributed by atoms with Crippen molar-refractivity contribution in [2.24, 2.45) is 4.99 Å². The first kappa shape index (κ1) is 19.0. The summed E-state index contributed by atoms with van der Waals surface area (Å²) in [7, 11) is 1.72. The lowest BCUT2D eigenvalue weighted by molar-refractivity contribution is -0.121. The van der Waals surface area contributed by atoms with E-state index in [1.165, 1.54) is 17.3 Å². The maximum atomic E-state index is 12.6. The third-order valence-corrected chi connectivity index (χ3v) is 5.36. The SMILES string of the molecule is CCOc1cc(C=C2SC(=Nc3ccc(C)c(C)c3)N(C)C2=O)ccc1O. The van der Waals surface area contributed by atoms with Gasteiger partial charge >= 0.3 is 0 Å². The van der Waals surface area contributed by atoms with Crippen molar-refractivity contribution in [1.29, 1.82) is 0 Å². The highest BCUT2D eigenvalue weighted by Crippen LogP contribution is 2.35. The number of benzene rings is 2. The number of aryl methyl sites for hydroxylation is 2. The molecule has 1 fully saturated rings. The second kappa shape index (κ2) is 7.88. The van der Waals surface area contributed by atoms with Gasteiger partial charge in [-0.05, 0) is 79.6 Å². The van der Waals surface area contributed by atoms with Crippen LogP contribution >= 0.6 is 11.8 Å². The smallest absolute Gasteiger partial charge is 0.266 e. The van der Waals surface area contributed by atoms with Crippen molar-refractivity contribution in [2.75, 3.05) is 13.7 Å². The number of thioether (sulfide) groups is 1. The molecule has 2 aromatic rings. The summed E-state index contributed by atoms with van der Waals surface area (Å²) in [6.45, 7) is 6.41. The Morgan fingerprint density at radius 3 is 2.67 bits per heavy atom. The Morgan fingerprint density at radius 2 is 1.96 bits per heavy atom. The lowest BCUT2D eigenvalue weighted by atomic mass is 10.1. The van der Waals surface area contributed by atoms with Gasteiger partial charge in [0.1, 0.15) is 0 Å². The van der Waals surface area contributed by atoms with Crippen LogP contribution in [-0.4, -0.2) is 34.7 Å². The van der Waals surface area contributed by atoms with Crippen molar-refractivity contribution in [2.45, 2.75) is 20.8 Å². The first-order valence-electron chi connectivity index (χ1n) is 8.68. The number of aromatic hydroxyl groups is 1. The first-order chi connectivity index (χ1) is 12.9. The summed E-state index contributed by atoms with van der Waals surface area (Å²) in [5, 5.41) is 10.5. The van der Waals surface area contributed by atoms with Crippen LogP contribution in [0.3, 0.4) is 0 Å². The standard InChI is InChI=1S/C21H22N2O3S/c1-5-26-18-11-15(7-9-17(18)24)12-19-20(25)23(4)21(27-19)22-16-8-6-13(2)14(3)10-16/h6-12,24H,5H2,1-4H3. The fourth-order valence-corrected chi connectivity index (χ4v) is 3.59. The Kier molecular flexibility index (Phi) is 5.56. The van der Waals surface area contributed by atoms with E-state index in [4.69, 9.17) is 4.74 Å². The molecule has 0 bridgehead atoms. The van der Waals surface area contributed by atoms with Crippen LogP contribution in [0.4, 0.5) is 5.69 Å². The third kappa shape index (κ3) is 4.17. The number of carbonyl (C=O) groups excluding carboxylic acids is 1. The molecule has 140 valence electrons. The topological polar surface area (TPSA) is 62.1 Å². The molecule has 6 heteroatoms. The van der Waals surface area contributed by atoms with Crippen molar-refractivity contribution in [3.05, 3.63) is 58.0 Å². The summed E-state index contributed by atoms with van der Waals surface area (Å²) >= 11 is 1.33. The Labute approximate surface area is 163 Å². The number of rotatable bonds is 4. The first-order valence-corrected chi connectivity index (χ1v) is 9.50. The summed E-state index contributed by atoms with van der Waals surface area (Å²) < 4.78 is 5.41. The minimum absolute atomic E-state index is 0.0820. The van der Waals surface area contributed by atoms with Crippen molar-refractivity contribution in [1.82, 2.24) is 4.90 Å². The molecular weight excluding hydrogens is 360 g/mol. The molecule has 3 rings (SSSR count). The maximum Gasteiger partial charge on any atom is 0.266 e. The highest BCUT2D eigenvalue weighted by Gasteiger charge is 2.30. The average molecular weight is 382 g/mol. The molecule has 1 heterocycles. The molecule has 2 aromatic carbocycles. The van der Waals surface area contributed by atoms with Gasteiger partial charge in [0.05, 0.1) is 17.2 Å². The monoisotopic (exact) mass is 382 g/mol. The van der Waals surface area contributed by atoms with Gasteiger partial charge in [-0.1, -0.05) is 12.1 Å². The summed E-state index contributed by atoms with van der Waals surface area (Å²) in [6, 6.07) is 11.0. The molecule has 0 unspecified atom stereocenters. The molecule has 1 aliphatic rings. The number of carbonyl (C=O) groups is 1. The highest BCUT2D eigenvalue weighted by atomic mass is 32.2. The number of phenols is 1. The van der Waals surface area contributed by atoms with Crippen molar-refractivity contribution in [3.63, 3.8) is 0 Å². The number of hydrogen-bond acceptors (Lipinski definition) is 5. The van der Waals surface area contributed by atoms with E-state index in [-0.39, 0.29) is 11.7 Å². The number of likely N-dealkylation sites (N-methyl/N-ethyl adjacent to an activating group) is 1. The van der Waals surface area contributed by atoms with Crippen LogP contribution < -0.4 is 4.74 Å². The number of hydrogen-bond donors (Lipinski definition) is 1. The molecule has 5 nitrogen and oxygen atoms in total. The van der Waals surface area contributed by atoms with Crippen LogP contribution in [-0.2, 0) is 4.79 Å². The summed E-state index contributed by atoms with van der Waals surface area (Å²) in [6.07, 6.45) is 1.79. The molecule has 0 aromatic heterocycles. The maximum absolute atomic E-state index is 12.6. The number of aliphatic imine (C=N–C) groups is 1. The molecule has 1 aliphatic heterocycles. The van der Waals surface area contributed by atoms with Gasteiger partial charge in [0.15, 0.2) is 16.7 Å². The van der Waals surface area contributed by atoms with Gasteiger partial charge in [-0.3, -0.25) is 9.69 Å². The molecule has 1 N–H and O–H groups in total. The minimum atomic E-state index is -0.103. The number of nitrogens with zero attached hydrogens (tertiary/aromatic N) is 2. The van der Waals surface area contributed by atoms with Crippen LogP contribution in [0, 0.1) is 13.8 Å². The molecule has 0 spiro atoms. The van der Waals surface area contributed by atoms with Gasteiger partial charge in [0.25, 0.3) is 5.91 Å². The van der Waals surface area contributed by atoms with Crippen molar-refractivity contribution < 1.29 is 14.6 Å². The van der Waals surface area contributed by atoms with Gasteiger partial charge < -0.3 is 9.84 Å². The highest BCUT2D eigenvalue weighted by molar-refractivity contribution is 8.18. The van der Waals surface area contributed by atoms with Crippen LogP contribution in [0.15, 0.2) is 46.3 Å². The van der Waals surface area contributed by atoms with Gasteiger partial charge in [-0.15, -0.1) is 0 Å². The molecule has 1 amide bonds. The summed E-state index contributed by atoms with van der Waals surface area (Å²) in [5.41, 5.74) is 3.98. The summed E-state index contributed by atoms with van der Waals surface area (Å²) in [4.78, 5) is 19.3. The van der Waals surface area contributed by atoms with E-state index in [0.717, 1.165) is 16.8 Å². The Morgan fingerprint density at radius 1 is 1.19 bits per heavy atom. The van der Waals surface area contributed by atoms with Crippen LogP contribution in [0.25, 0.3) is 6.08 Å². The van der Waals surface area contributed by atoms with Crippen LogP contribution in [0.2, 0.25) is 0 Å². The van der Waals surface area contributed by atoms with Crippen molar-refractivity contribution in [3.8, 4) is 11.5 Å². The van der Waals surface area contributed by atoms with Gasteiger partial charge in [-0.2, -0.15) is 0 Å². The second-order valence-electron chi connectivity index (χ2n) is 6.30. The zero-order valence-corrected chi connectivity index (χ0v) is 16.6. The van der Waals surface area contributed by atoms with E-state index in [1.807, 2.05) is 32.0 Å². The predicted molar refractivity (Wildman–Crippen MR) is 111 cm³/mol. The number of amidine groups is 1. The predicted octanol–water partition coefficient (Wildman–Crippen LogP) is 4.64. The summed E-state index contributed by atoms with van der Waals surface area (Å²) in [5.74, 6) is 0.381. The van der Waals surface area contributed by atoms with E-state index in [2.05, 4.69) is 11.9 Å². The zero-order chi connectivity index (χ0) is 19.6. The normalized spacial score (nSPS) is 17.2. The number of ether oxygens (including phenoxy) is 1. The van der Waals surface area contributed by atoms with E-state index in [1.54, 1.807) is 36.2 Å². The zero-order valence-electron chi connectivity index (χ0n) is 15.8. The Balaban J connectivity index is 1.89. The van der Waals surface area contributed by atoms with E-state index in [9.17, 15) is 9.90 Å². The van der Waals surface area contributed by atoms with E-state index >= 15 is 0 Å². The molecule has 0 aliphatic carbocycles. The molecule has 27 heavy (non-hydrogen) atoms. The second-order valence-corrected chi connectivity index (χ2v) is 7.31. The largest absolute Gasteiger partial charge is 0.504 e. The fourth-order valence-electron chi connectivity index (χ4n) is 2.60. The number of amides is 1. The van der Waals surface area contributed by atoms with Crippen LogP contribution in [0.5, 0.6) is 11.5 Å². The van der Waals surface area contributed by atoms with Crippen molar-refractivity contribution >= 4 is 34.6 Å². The lowest BCUT2D eigenvalue weighted by Gasteiger charge is -2.08. The van der Waals surface area contributed by atoms with Gasteiger partial charge in [-0.25, -0.2) is 4.99 Å². The minimum Gasteiger partial charge on any atom is -0.504 e.